The maximum Gasteiger partial charge on any atom is 0.345 e. The Morgan fingerprint density at radius 3 is 2.77 bits per heavy atom. The van der Waals surface area contributed by atoms with Crippen molar-refractivity contribution in [1.29, 1.82) is 0 Å². The second-order valence-electron chi connectivity index (χ2n) is 1.85. The zero-order valence-corrected chi connectivity index (χ0v) is 10.5. The average Bonchev–Trinajstić information content (AvgIpc) is 2.05. The molecule has 0 bridgehead atoms. The van der Waals surface area contributed by atoms with E-state index in [2.05, 4.69) is 15.9 Å². The minimum Gasteiger partial charge on any atom is -0.462 e. The molecule has 0 rings (SSSR count). The SMILES string of the molecule is CCOC(=O)/C(Br)=C/SCCN.Cl. The highest BCUT2D eigenvalue weighted by molar-refractivity contribution is 9.12. The molecule has 3 nitrogen and oxygen atoms in total. The molecule has 0 aliphatic carbocycles. The van der Waals surface area contributed by atoms with Crippen LogP contribution in [0.2, 0.25) is 0 Å². The topological polar surface area (TPSA) is 52.3 Å². The second-order valence-corrected chi connectivity index (χ2v) is 3.68. The standard InChI is InChI=1S/C7H12BrNO2S.ClH/c1-2-11-7(10)6(8)5-12-4-3-9;/h5H,2-4,9H2,1H3;1H/b6-5-;. The summed E-state index contributed by atoms with van der Waals surface area (Å²) < 4.78 is 5.18. The van der Waals surface area contributed by atoms with E-state index in [1.807, 2.05) is 0 Å². The molecule has 0 aliphatic heterocycles. The Morgan fingerprint density at radius 2 is 2.31 bits per heavy atom. The molecule has 0 amide bonds. The normalized spacial score (nSPS) is 10.5. The molecule has 0 aromatic rings. The molecule has 0 radical (unpaired) electrons. The molecular formula is C7H13BrClNO2S. The number of carbonyl (C=O) groups is 1. The number of ether oxygens (including phenoxy) is 1. The Morgan fingerprint density at radius 1 is 1.69 bits per heavy atom. The highest BCUT2D eigenvalue weighted by Gasteiger charge is 2.04. The molecule has 0 unspecified atom stereocenters. The van der Waals surface area contributed by atoms with Gasteiger partial charge in [0, 0.05) is 12.3 Å². The fraction of sp³-hybridized carbons (Fsp3) is 0.571. The Balaban J connectivity index is 0. The summed E-state index contributed by atoms with van der Waals surface area (Å²) in [7, 11) is 0. The summed E-state index contributed by atoms with van der Waals surface area (Å²) in [5, 5.41) is 1.70. The van der Waals surface area contributed by atoms with Crippen LogP contribution in [0, 0.1) is 0 Å². The highest BCUT2D eigenvalue weighted by Crippen LogP contribution is 2.13. The lowest BCUT2D eigenvalue weighted by Gasteiger charge is -1.98. The Labute approximate surface area is 97.0 Å². The van der Waals surface area contributed by atoms with E-state index in [1.54, 1.807) is 12.3 Å². The third-order valence-electron chi connectivity index (χ3n) is 0.893. The van der Waals surface area contributed by atoms with Crippen LogP contribution >= 0.6 is 40.1 Å². The van der Waals surface area contributed by atoms with Crippen molar-refractivity contribution in [1.82, 2.24) is 0 Å². The van der Waals surface area contributed by atoms with Crippen molar-refractivity contribution in [2.75, 3.05) is 18.9 Å². The molecule has 2 N–H and O–H groups in total. The number of hydrogen-bond acceptors (Lipinski definition) is 4. The molecule has 0 heterocycles. The first kappa shape index (κ1) is 15.7. The molecule has 0 saturated heterocycles. The predicted octanol–water partition coefficient (Wildman–Crippen LogP) is 1.90. The van der Waals surface area contributed by atoms with Gasteiger partial charge in [0.2, 0.25) is 0 Å². The summed E-state index contributed by atoms with van der Waals surface area (Å²) >= 11 is 4.58. The smallest absolute Gasteiger partial charge is 0.345 e. The lowest BCUT2D eigenvalue weighted by molar-refractivity contribution is -0.137. The summed E-state index contributed by atoms with van der Waals surface area (Å²) in [4.78, 5) is 11.0. The quantitative estimate of drug-likeness (QED) is 0.477. The molecule has 13 heavy (non-hydrogen) atoms. The van der Waals surface area contributed by atoms with Gasteiger partial charge in [0.05, 0.1) is 6.61 Å². The molecule has 0 atom stereocenters. The number of carbonyl (C=O) groups excluding carboxylic acids is 1. The van der Waals surface area contributed by atoms with Gasteiger partial charge in [0.1, 0.15) is 4.48 Å². The zero-order valence-electron chi connectivity index (χ0n) is 7.29. The molecule has 6 heteroatoms. The van der Waals surface area contributed by atoms with Crippen LogP contribution in [0.4, 0.5) is 0 Å². The summed E-state index contributed by atoms with van der Waals surface area (Å²) in [6.45, 7) is 2.76. The number of hydrogen-bond donors (Lipinski definition) is 1. The highest BCUT2D eigenvalue weighted by atomic mass is 79.9. The van der Waals surface area contributed by atoms with E-state index in [0.29, 0.717) is 17.6 Å². The summed E-state index contributed by atoms with van der Waals surface area (Å²) in [5.41, 5.74) is 5.27. The summed E-state index contributed by atoms with van der Waals surface area (Å²) in [5.74, 6) is 0.469. The van der Waals surface area contributed by atoms with E-state index in [1.165, 1.54) is 11.8 Å². The van der Waals surface area contributed by atoms with Crippen LogP contribution in [0.1, 0.15) is 6.92 Å². The predicted molar refractivity (Wildman–Crippen MR) is 62.4 cm³/mol. The minimum absolute atomic E-state index is 0. The van der Waals surface area contributed by atoms with Gasteiger partial charge >= 0.3 is 5.97 Å². The average molecular weight is 291 g/mol. The van der Waals surface area contributed by atoms with Gasteiger partial charge < -0.3 is 10.5 Å². The van der Waals surface area contributed by atoms with Crippen LogP contribution in [0.15, 0.2) is 9.89 Å². The Hall–Kier alpha value is 0.290. The molecule has 0 aromatic heterocycles. The van der Waals surface area contributed by atoms with E-state index >= 15 is 0 Å². The Kier molecular flexibility index (Phi) is 12.6. The summed E-state index contributed by atoms with van der Waals surface area (Å²) in [6, 6.07) is 0. The van der Waals surface area contributed by atoms with Gasteiger partial charge in [-0.1, -0.05) is 0 Å². The van der Waals surface area contributed by atoms with Crippen LogP contribution in [0.5, 0.6) is 0 Å². The fourth-order valence-electron chi connectivity index (χ4n) is 0.448. The van der Waals surface area contributed by atoms with Crippen molar-refractivity contribution < 1.29 is 9.53 Å². The lowest BCUT2D eigenvalue weighted by Crippen LogP contribution is -2.03. The van der Waals surface area contributed by atoms with Gasteiger partial charge in [-0.3, -0.25) is 0 Å². The van der Waals surface area contributed by atoms with Crippen LogP contribution in [0.3, 0.4) is 0 Å². The first-order chi connectivity index (χ1) is 5.72. The third-order valence-corrected chi connectivity index (χ3v) is 2.62. The maximum atomic E-state index is 11.0. The number of halogens is 2. The number of thioether (sulfide) groups is 1. The van der Waals surface area contributed by atoms with Crippen molar-refractivity contribution in [3.63, 3.8) is 0 Å². The van der Waals surface area contributed by atoms with E-state index in [4.69, 9.17) is 10.5 Å². The van der Waals surface area contributed by atoms with Crippen LogP contribution in [-0.4, -0.2) is 24.9 Å². The molecule has 0 aromatic carbocycles. The van der Waals surface area contributed by atoms with Crippen LogP contribution in [-0.2, 0) is 9.53 Å². The van der Waals surface area contributed by atoms with E-state index in [0.717, 1.165) is 5.75 Å². The second kappa shape index (κ2) is 10.4. The van der Waals surface area contributed by atoms with E-state index < -0.39 is 0 Å². The number of esters is 1. The molecule has 0 spiro atoms. The number of nitrogens with two attached hydrogens (primary N) is 1. The van der Waals surface area contributed by atoms with Gasteiger partial charge in [-0.15, -0.1) is 24.2 Å². The van der Waals surface area contributed by atoms with Gasteiger partial charge in [0.15, 0.2) is 0 Å². The summed E-state index contributed by atoms with van der Waals surface area (Å²) in [6.07, 6.45) is 0. The van der Waals surface area contributed by atoms with Crippen molar-refractivity contribution in [2.45, 2.75) is 6.92 Å². The lowest BCUT2D eigenvalue weighted by atomic mass is 10.6. The first-order valence-corrected chi connectivity index (χ1v) is 5.41. The zero-order chi connectivity index (χ0) is 9.40. The van der Waals surface area contributed by atoms with Crippen LogP contribution < -0.4 is 5.73 Å². The van der Waals surface area contributed by atoms with Gasteiger partial charge in [0.25, 0.3) is 0 Å². The van der Waals surface area contributed by atoms with Gasteiger partial charge in [-0.25, -0.2) is 4.79 Å². The molecular weight excluding hydrogens is 278 g/mol. The van der Waals surface area contributed by atoms with Gasteiger partial charge in [-0.2, -0.15) is 0 Å². The van der Waals surface area contributed by atoms with E-state index in [9.17, 15) is 4.79 Å². The first-order valence-electron chi connectivity index (χ1n) is 3.56. The molecule has 78 valence electrons. The Bertz CT molecular complexity index is 178. The third kappa shape index (κ3) is 8.62. The maximum absolute atomic E-state index is 11.0. The fourth-order valence-corrected chi connectivity index (χ4v) is 1.46. The van der Waals surface area contributed by atoms with Crippen molar-refractivity contribution >= 4 is 46.1 Å². The molecule has 0 aliphatic rings. The molecule has 0 fully saturated rings. The van der Waals surface area contributed by atoms with E-state index in [-0.39, 0.29) is 18.4 Å². The monoisotopic (exact) mass is 289 g/mol. The van der Waals surface area contributed by atoms with Crippen LogP contribution in [0.25, 0.3) is 0 Å². The van der Waals surface area contributed by atoms with Gasteiger partial charge in [-0.05, 0) is 28.3 Å². The van der Waals surface area contributed by atoms with Crippen molar-refractivity contribution in [2.24, 2.45) is 5.73 Å². The minimum atomic E-state index is -0.331. The van der Waals surface area contributed by atoms with Crippen molar-refractivity contribution in [3.05, 3.63) is 9.89 Å². The van der Waals surface area contributed by atoms with Crippen molar-refractivity contribution in [3.8, 4) is 0 Å². The molecule has 0 saturated carbocycles. The largest absolute Gasteiger partial charge is 0.462 e. The number of rotatable bonds is 5.